The summed E-state index contributed by atoms with van der Waals surface area (Å²) in [5.41, 5.74) is 3.71. The van der Waals surface area contributed by atoms with Crippen LogP contribution >= 0.6 is 0 Å². The molecule has 4 rings (SSSR count). The van der Waals surface area contributed by atoms with Gasteiger partial charge in [0, 0.05) is 43.1 Å². The molecule has 146 valence electrons. The molecule has 0 aliphatic carbocycles. The second-order valence-corrected chi connectivity index (χ2v) is 7.39. The number of phenolic OH excluding ortho intramolecular Hbond substituents is 1. The molecule has 3 aromatic rings. The predicted octanol–water partition coefficient (Wildman–Crippen LogP) is 2.95. The Morgan fingerprint density at radius 2 is 1.93 bits per heavy atom. The van der Waals surface area contributed by atoms with E-state index in [1.807, 2.05) is 32.0 Å². The first kappa shape index (κ1) is 18.4. The zero-order valence-electron chi connectivity index (χ0n) is 16.3. The number of nitrogens with one attached hydrogen (secondary N) is 2. The van der Waals surface area contributed by atoms with Crippen molar-refractivity contribution in [1.82, 2.24) is 25.5 Å². The highest BCUT2D eigenvalue weighted by atomic mass is 16.3. The van der Waals surface area contributed by atoms with Gasteiger partial charge in [-0.15, -0.1) is 0 Å². The molecule has 0 atom stereocenters. The quantitative estimate of drug-likeness (QED) is 0.632. The zero-order valence-corrected chi connectivity index (χ0v) is 16.3. The first-order chi connectivity index (χ1) is 13.6. The molecular weight excluding hydrogens is 352 g/mol. The van der Waals surface area contributed by atoms with Crippen LogP contribution in [0.4, 0.5) is 5.82 Å². The molecule has 7 nitrogen and oxygen atoms in total. The summed E-state index contributed by atoms with van der Waals surface area (Å²) in [6, 6.07) is 11.8. The lowest BCUT2D eigenvalue weighted by molar-refractivity contribution is 0.410. The number of H-pyrrole nitrogens is 1. The summed E-state index contributed by atoms with van der Waals surface area (Å²) in [6.45, 7) is 6.65. The summed E-state index contributed by atoms with van der Waals surface area (Å²) in [5, 5.41) is 21.0. The van der Waals surface area contributed by atoms with Gasteiger partial charge in [-0.1, -0.05) is 12.1 Å². The van der Waals surface area contributed by atoms with Crippen LogP contribution in [-0.4, -0.2) is 44.4 Å². The summed E-state index contributed by atoms with van der Waals surface area (Å²) >= 11 is 0. The minimum Gasteiger partial charge on any atom is -0.507 e. The number of aromatic hydroxyl groups is 1. The second kappa shape index (κ2) is 7.98. The molecule has 2 aromatic heterocycles. The number of anilines is 1. The monoisotopic (exact) mass is 378 g/mol. The summed E-state index contributed by atoms with van der Waals surface area (Å²) in [6.07, 6.45) is 2.11. The number of rotatable bonds is 5. The van der Waals surface area contributed by atoms with Gasteiger partial charge in [0.2, 0.25) is 0 Å². The molecular formula is C21H26N6O. The van der Waals surface area contributed by atoms with Gasteiger partial charge in [0.05, 0.1) is 11.3 Å². The van der Waals surface area contributed by atoms with Gasteiger partial charge in [0.15, 0.2) is 5.82 Å². The fourth-order valence-electron chi connectivity index (χ4n) is 3.62. The Kier molecular flexibility index (Phi) is 5.25. The largest absolute Gasteiger partial charge is 0.507 e. The number of benzene rings is 1. The van der Waals surface area contributed by atoms with E-state index in [0.29, 0.717) is 17.4 Å². The second-order valence-electron chi connectivity index (χ2n) is 7.39. The Labute approximate surface area is 164 Å². The molecule has 7 heteroatoms. The van der Waals surface area contributed by atoms with Crippen LogP contribution in [0.2, 0.25) is 0 Å². The van der Waals surface area contributed by atoms with Gasteiger partial charge in [0.25, 0.3) is 0 Å². The van der Waals surface area contributed by atoms with Crippen molar-refractivity contribution in [3.8, 4) is 17.1 Å². The van der Waals surface area contributed by atoms with Crippen molar-refractivity contribution < 1.29 is 5.11 Å². The Bertz CT molecular complexity index is 946. The molecule has 1 aliphatic heterocycles. The minimum absolute atomic E-state index is 0.204. The highest BCUT2D eigenvalue weighted by molar-refractivity contribution is 5.65. The van der Waals surface area contributed by atoms with Crippen molar-refractivity contribution in [1.29, 1.82) is 0 Å². The third kappa shape index (κ3) is 4.14. The Balaban J connectivity index is 1.41. The Morgan fingerprint density at radius 1 is 1.14 bits per heavy atom. The van der Waals surface area contributed by atoms with Gasteiger partial charge >= 0.3 is 0 Å². The smallest absolute Gasteiger partial charge is 0.165 e. The van der Waals surface area contributed by atoms with E-state index >= 15 is 0 Å². The van der Waals surface area contributed by atoms with Crippen LogP contribution in [0.25, 0.3) is 11.4 Å². The van der Waals surface area contributed by atoms with Crippen molar-refractivity contribution in [3.05, 3.63) is 53.5 Å². The van der Waals surface area contributed by atoms with Crippen molar-refractivity contribution in [3.63, 3.8) is 0 Å². The number of aromatic amines is 1. The lowest BCUT2D eigenvalue weighted by Gasteiger charge is -2.33. The van der Waals surface area contributed by atoms with Crippen LogP contribution in [0.15, 0.2) is 36.4 Å². The van der Waals surface area contributed by atoms with Crippen LogP contribution in [0.5, 0.6) is 5.75 Å². The maximum atomic E-state index is 10.1. The van der Waals surface area contributed by atoms with Gasteiger partial charge in [0.1, 0.15) is 11.6 Å². The Morgan fingerprint density at radius 3 is 2.64 bits per heavy atom. The third-order valence-electron chi connectivity index (χ3n) is 5.14. The fourth-order valence-corrected chi connectivity index (χ4v) is 3.62. The lowest BCUT2D eigenvalue weighted by Crippen LogP contribution is -2.42. The number of nitrogens with zero attached hydrogens (tertiary/aromatic N) is 4. The van der Waals surface area contributed by atoms with E-state index in [-0.39, 0.29) is 5.75 Å². The number of para-hydroxylation sites is 1. The van der Waals surface area contributed by atoms with E-state index in [4.69, 9.17) is 4.98 Å². The van der Waals surface area contributed by atoms with E-state index in [1.165, 1.54) is 0 Å². The average molecular weight is 378 g/mol. The zero-order chi connectivity index (χ0) is 19.5. The fraction of sp³-hybridized carbons (Fsp3) is 0.381. The first-order valence-corrected chi connectivity index (χ1v) is 9.72. The lowest BCUT2D eigenvalue weighted by atomic mass is 10.0. The summed E-state index contributed by atoms with van der Waals surface area (Å²) < 4.78 is 0. The molecule has 0 spiro atoms. The van der Waals surface area contributed by atoms with Crippen molar-refractivity contribution >= 4 is 5.82 Å². The van der Waals surface area contributed by atoms with Crippen LogP contribution < -0.4 is 10.2 Å². The van der Waals surface area contributed by atoms with Crippen molar-refractivity contribution in [2.45, 2.75) is 39.3 Å². The number of aromatic nitrogens is 4. The highest BCUT2D eigenvalue weighted by Crippen LogP contribution is 2.28. The van der Waals surface area contributed by atoms with E-state index < -0.39 is 0 Å². The molecule has 1 aliphatic rings. The number of piperidine rings is 1. The van der Waals surface area contributed by atoms with E-state index in [1.54, 1.807) is 12.1 Å². The average Bonchev–Trinajstić information content (AvgIpc) is 3.12. The van der Waals surface area contributed by atoms with Crippen LogP contribution in [0.3, 0.4) is 0 Å². The molecule has 1 fully saturated rings. The van der Waals surface area contributed by atoms with Crippen molar-refractivity contribution in [2.75, 3.05) is 18.0 Å². The molecule has 28 heavy (non-hydrogen) atoms. The summed E-state index contributed by atoms with van der Waals surface area (Å²) in [5.74, 6) is 1.70. The van der Waals surface area contributed by atoms with E-state index in [9.17, 15) is 5.11 Å². The maximum absolute atomic E-state index is 10.1. The normalized spacial score (nSPS) is 15.1. The van der Waals surface area contributed by atoms with Crippen LogP contribution in [0.1, 0.15) is 29.9 Å². The van der Waals surface area contributed by atoms with Crippen LogP contribution in [0, 0.1) is 13.8 Å². The highest BCUT2D eigenvalue weighted by Gasteiger charge is 2.21. The van der Waals surface area contributed by atoms with Gasteiger partial charge in [-0.25, -0.2) is 9.97 Å². The van der Waals surface area contributed by atoms with Gasteiger partial charge in [-0.3, -0.25) is 5.10 Å². The van der Waals surface area contributed by atoms with E-state index in [0.717, 1.165) is 55.4 Å². The standard InChI is InChI=1S/C21H26N6O/c1-14-12-20(24-21(23-14)18-5-3-4-6-19(18)28)27-9-7-16(8-10-27)22-13-17-11-15(2)25-26-17/h3-6,11-12,16,22,28H,7-10,13H2,1-2H3,(H,25,26). The molecule has 0 amide bonds. The summed E-state index contributed by atoms with van der Waals surface area (Å²) in [7, 11) is 0. The first-order valence-electron chi connectivity index (χ1n) is 9.72. The number of hydrogen-bond donors (Lipinski definition) is 3. The van der Waals surface area contributed by atoms with Crippen molar-refractivity contribution in [2.24, 2.45) is 0 Å². The van der Waals surface area contributed by atoms with Crippen LogP contribution in [-0.2, 0) is 6.54 Å². The topological polar surface area (TPSA) is 90.0 Å². The van der Waals surface area contributed by atoms with Gasteiger partial charge < -0.3 is 15.3 Å². The molecule has 3 heterocycles. The minimum atomic E-state index is 0.204. The summed E-state index contributed by atoms with van der Waals surface area (Å²) in [4.78, 5) is 11.6. The number of aryl methyl sites for hydroxylation is 2. The van der Waals surface area contributed by atoms with Gasteiger partial charge in [-0.05, 0) is 44.9 Å². The van der Waals surface area contributed by atoms with E-state index in [2.05, 4.69) is 31.5 Å². The number of hydrogen-bond acceptors (Lipinski definition) is 6. The SMILES string of the molecule is Cc1cc(N2CCC(NCc3cc(C)[nH]n3)CC2)nc(-c2ccccc2O)n1. The number of phenols is 1. The molecule has 0 saturated carbocycles. The molecule has 0 unspecified atom stereocenters. The molecule has 1 aromatic carbocycles. The molecule has 0 bridgehead atoms. The van der Waals surface area contributed by atoms with Gasteiger partial charge in [-0.2, -0.15) is 5.10 Å². The molecule has 1 saturated heterocycles. The molecule has 0 radical (unpaired) electrons. The predicted molar refractivity (Wildman–Crippen MR) is 109 cm³/mol. The molecule has 3 N–H and O–H groups in total. The Hall–Kier alpha value is -2.93. The maximum Gasteiger partial charge on any atom is 0.165 e. The third-order valence-corrected chi connectivity index (χ3v) is 5.14.